The smallest absolute Gasteiger partial charge is 0.311 e. The van der Waals surface area contributed by atoms with Gasteiger partial charge in [0.15, 0.2) is 9.76 Å². The summed E-state index contributed by atoms with van der Waals surface area (Å²) in [5.74, 6) is -0.0754. The first-order valence-corrected chi connectivity index (χ1v) is 7.78. The van der Waals surface area contributed by atoms with Crippen molar-refractivity contribution in [3.63, 3.8) is 0 Å². The van der Waals surface area contributed by atoms with Gasteiger partial charge in [0.2, 0.25) is 0 Å². The highest BCUT2D eigenvalue weighted by molar-refractivity contribution is 6.28. The van der Waals surface area contributed by atoms with Crippen molar-refractivity contribution in [3.05, 3.63) is 0 Å². The lowest BCUT2D eigenvalue weighted by atomic mass is 9.97. The Morgan fingerprint density at radius 2 is 1.94 bits per heavy atom. The van der Waals surface area contributed by atoms with Crippen molar-refractivity contribution in [2.24, 2.45) is 5.41 Å². The minimum Gasteiger partial charge on any atom is -0.465 e. The van der Waals surface area contributed by atoms with E-state index < -0.39 is 9.76 Å². The standard InChI is InChI=1S/C12H26O3Si/c1-5-6-7-8-9-15-11(13)12(2,3)10-16-14-4/h5-10,16H2,1-4H3. The first kappa shape index (κ1) is 15.6. The van der Waals surface area contributed by atoms with Crippen LogP contribution < -0.4 is 0 Å². The molecule has 0 amide bonds. The number of carbonyl (C=O) groups is 1. The highest BCUT2D eigenvalue weighted by Crippen LogP contribution is 2.22. The van der Waals surface area contributed by atoms with Gasteiger partial charge in [0.05, 0.1) is 12.0 Å². The fraction of sp³-hybridized carbons (Fsp3) is 0.917. The molecular formula is C12H26O3Si. The third-order valence-electron chi connectivity index (χ3n) is 2.71. The number of hydrogen-bond donors (Lipinski definition) is 0. The third kappa shape index (κ3) is 7.01. The number of carbonyl (C=O) groups excluding carboxylic acids is 1. The Balaban J connectivity index is 3.69. The van der Waals surface area contributed by atoms with Gasteiger partial charge in [-0.25, -0.2) is 0 Å². The van der Waals surface area contributed by atoms with E-state index >= 15 is 0 Å². The summed E-state index contributed by atoms with van der Waals surface area (Å²) in [4.78, 5) is 11.7. The van der Waals surface area contributed by atoms with Crippen molar-refractivity contribution in [1.29, 1.82) is 0 Å². The van der Waals surface area contributed by atoms with Crippen molar-refractivity contribution in [3.8, 4) is 0 Å². The van der Waals surface area contributed by atoms with Crippen LogP contribution in [0.4, 0.5) is 0 Å². The van der Waals surface area contributed by atoms with Crippen LogP contribution in [-0.2, 0) is 14.0 Å². The van der Waals surface area contributed by atoms with Gasteiger partial charge in [-0.1, -0.05) is 26.2 Å². The van der Waals surface area contributed by atoms with Crippen molar-refractivity contribution in [1.82, 2.24) is 0 Å². The zero-order valence-electron chi connectivity index (χ0n) is 11.2. The Morgan fingerprint density at radius 3 is 2.50 bits per heavy atom. The maximum Gasteiger partial charge on any atom is 0.311 e. The van der Waals surface area contributed by atoms with E-state index in [-0.39, 0.29) is 11.4 Å². The summed E-state index contributed by atoms with van der Waals surface area (Å²) in [5, 5.41) is 0. The van der Waals surface area contributed by atoms with Crippen molar-refractivity contribution >= 4 is 15.7 Å². The topological polar surface area (TPSA) is 35.5 Å². The molecule has 0 rings (SSSR count). The van der Waals surface area contributed by atoms with E-state index in [4.69, 9.17) is 9.16 Å². The summed E-state index contributed by atoms with van der Waals surface area (Å²) < 4.78 is 10.4. The molecule has 0 N–H and O–H groups in total. The Morgan fingerprint density at radius 1 is 1.25 bits per heavy atom. The van der Waals surface area contributed by atoms with Crippen LogP contribution in [0, 0.1) is 5.41 Å². The number of esters is 1. The Hall–Kier alpha value is -0.353. The molecule has 0 spiro atoms. The molecule has 0 aliphatic carbocycles. The van der Waals surface area contributed by atoms with E-state index in [1.54, 1.807) is 7.11 Å². The lowest BCUT2D eigenvalue weighted by molar-refractivity contribution is -0.153. The average molecular weight is 246 g/mol. The van der Waals surface area contributed by atoms with Gasteiger partial charge in [-0.3, -0.25) is 4.79 Å². The molecule has 0 aromatic rings. The fourth-order valence-corrected chi connectivity index (χ4v) is 2.27. The molecule has 0 aliphatic heterocycles. The molecule has 0 heterocycles. The molecule has 96 valence electrons. The molecule has 0 atom stereocenters. The quantitative estimate of drug-likeness (QED) is 0.356. The molecule has 3 nitrogen and oxygen atoms in total. The van der Waals surface area contributed by atoms with E-state index in [2.05, 4.69) is 6.92 Å². The molecule has 0 unspecified atom stereocenters. The predicted molar refractivity (Wildman–Crippen MR) is 69.2 cm³/mol. The van der Waals surface area contributed by atoms with Gasteiger partial charge in [-0.2, -0.15) is 0 Å². The first-order chi connectivity index (χ1) is 7.54. The molecule has 0 bridgehead atoms. The molecular weight excluding hydrogens is 220 g/mol. The molecule has 0 aromatic heterocycles. The van der Waals surface area contributed by atoms with Gasteiger partial charge in [-0.15, -0.1) is 0 Å². The molecule has 0 saturated carbocycles. The van der Waals surface area contributed by atoms with Crippen LogP contribution in [0.5, 0.6) is 0 Å². The summed E-state index contributed by atoms with van der Waals surface area (Å²) in [7, 11) is 1.14. The van der Waals surface area contributed by atoms with Gasteiger partial charge < -0.3 is 9.16 Å². The second kappa shape index (κ2) is 8.76. The monoisotopic (exact) mass is 246 g/mol. The number of unbranched alkanes of at least 4 members (excludes halogenated alkanes) is 3. The van der Waals surface area contributed by atoms with Gasteiger partial charge in [0.1, 0.15) is 0 Å². The highest BCUT2D eigenvalue weighted by Gasteiger charge is 2.28. The van der Waals surface area contributed by atoms with Crippen LogP contribution in [-0.4, -0.2) is 29.4 Å². The molecule has 0 fully saturated rings. The summed E-state index contributed by atoms with van der Waals surface area (Å²) in [6.45, 7) is 6.61. The lowest BCUT2D eigenvalue weighted by Gasteiger charge is -2.21. The van der Waals surface area contributed by atoms with Crippen molar-refractivity contribution in [2.45, 2.75) is 52.5 Å². The second-order valence-electron chi connectivity index (χ2n) is 4.82. The molecule has 0 saturated heterocycles. The zero-order chi connectivity index (χ0) is 12.4. The maximum absolute atomic E-state index is 11.7. The molecule has 0 aromatic carbocycles. The molecule has 4 heteroatoms. The summed E-state index contributed by atoms with van der Waals surface area (Å²) in [6.07, 6.45) is 4.56. The van der Waals surface area contributed by atoms with E-state index in [0.717, 1.165) is 18.9 Å². The lowest BCUT2D eigenvalue weighted by Crippen LogP contribution is -2.28. The van der Waals surface area contributed by atoms with E-state index in [0.29, 0.717) is 6.61 Å². The van der Waals surface area contributed by atoms with Crippen LogP contribution in [0.25, 0.3) is 0 Å². The molecule has 0 aliphatic rings. The van der Waals surface area contributed by atoms with Crippen molar-refractivity contribution in [2.75, 3.05) is 13.7 Å². The minimum atomic E-state index is -0.563. The number of hydrogen-bond acceptors (Lipinski definition) is 3. The molecule has 0 radical (unpaired) electrons. The van der Waals surface area contributed by atoms with Gasteiger partial charge in [0.25, 0.3) is 0 Å². The van der Waals surface area contributed by atoms with Gasteiger partial charge in [-0.05, 0) is 26.3 Å². The molecule has 16 heavy (non-hydrogen) atoms. The van der Waals surface area contributed by atoms with Gasteiger partial charge >= 0.3 is 5.97 Å². The zero-order valence-corrected chi connectivity index (χ0v) is 12.6. The largest absolute Gasteiger partial charge is 0.465 e. The second-order valence-corrected chi connectivity index (χ2v) is 6.31. The Bertz CT molecular complexity index is 193. The van der Waals surface area contributed by atoms with Crippen LogP contribution in [0.2, 0.25) is 6.04 Å². The van der Waals surface area contributed by atoms with Gasteiger partial charge in [0, 0.05) is 7.11 Å². The van der Waals surface area contributed by atoms with E-state index in [1.807, 2.05) is 13.8 Å². The maximum atomic E-state index is 11.7. The normalized spacial score (nSPS) is 12.2. The fourth-order valence-electron chi connectivity index (χ4n) is 1.35. The van der Waals surface area contributed by atoms with E-state index in [1.165, 1.54) is 12.8 Å². The van der Waals surface area contributed by atoms with Crippen LogP contribution >= 0.6 is 0 Å². The number of rotatable bonds is 9. The minimum absolute atomic E-state index is 0.0754. The van der Waals surface area contributed by atoms with Crippen LogP contribution in [0.15, 0.2) is 0 Å². The summed E-state index contributed by atoms with van der Waals surface area (Å²) >= 11 is 0. The van der Waals surface area contributed by atoms with E-state index in [9.17, 15) is 4.79 Å². The Labute approximate surface area is 102 Å². The third-order valence-corrected chi connectivity index (χ3v) is 4.58. The summed E-state index contributed by atoms with van der Waals surface area (Å²) in [6, 6.07) is 0.845. The van der Waals surface area contributed by atoms with Crippen LogP contribution in [0.1, 0.15) is 46.5 Å². The number of ether oxygens (including phenoxy) is 1. The Kier molecular flexibility index (Phi) is 8.57. The predicted octanol–water partition coefficient (Wildman–Crippen LogP) is 2.28. The average Bonchev–Trinajstić information content (AvgIpc) is 2.26. The SMILES string of the molecule is CCCCCCOC(=O)C(C)(C)C[SiH2]OC. The van der Waals surface area contributed by atoms with Crippen LogP contribution in [0.3, 0.4) is 0 Å². The first-order valence-electron chi connectivity index (χ1n) is 6.20. The highest BCUT2D eigenvalue weighted by atomic mass is 28.2. The van der Waals surface area contributed by atoms with Crippen molar-refractivity contribution < 1.29 is 14.0 Å². The summed E-state index contributed by atoms with van der Waals surface area (Å²) in [5.41, 5.74) is -0.368.